The van der Waals surface area contributed by atoms with E-state index in [2.05, 4.69) is 48.2 Å². The summed E-state index contributed by atoms with van der Waals surface area (Å²) in [5, 5.41) is 9.13. The van der Waals surface area contributed by atoms with Crippen LogP contribution in [-0.4, -0.2) is 28.5 Å². The van der Waals surface area contributed by atoms with Crippen molar-refractivity contribution in [2.75, 3.05) is 22.5 Å². The van der Waals surface area contributed by atoms with E-state index in [1.807, 2.05) is 47.1 Å². The number of hydrogen-bond donors (Lipinski definition) is 4. The fourth-order valence-electron chi connectivity index (χ4n) is 2.72. The second kappa shape index (κ2) is 12.1. The lowest BCUT2D eigenvalue weighted by atomic mass is 10.2. The van der Waals surface area contributed by atoms with Gasteiger partial charge >= 0.3 is 0 Å². The highest BCUT2D eigenvalue weighted by Gasteiger charge is 2.11. The lowest BCUT2D eigenvalue weighted by Crippen LogP contribution is -2.32. The monoisotopic (exact) mass is 558 g/mol. The predicted molar refractivity (Wildman–Crippen MR) is 138 cm³/mol. The van der Waals surface area contributed by atoms with E-state index in [9.17, 15) is 9.18 Å². The van der Waals surface area contributed by atoms with Gasteiger partial charge in [-0.3, -0.25) is 4.79 Å². The van der Waals surface area contributed by atoms with E-state index in [0.717, 1.165) is 18.5 Å². The first-order valence-corrected chi connectivity index (χ1v) is 11.5. The maximum absolute atomic E-state index is 13.5. The average Bonchev–Trinajstić information content (AvgIpc) is 2.81. The van der Waals surface area contributed by atoms with Crippen molar-refractivity contribution in [2.45, 2.75) is 26.3 Å². The maximum atomic E-state index is 13.5. The number of anilines is 4. The molecule has 0 aliphatic carbocycles. The van der Waals surface area contributed by atoms with Crippen LogP contribution in [0.1, 0.15) is 31.4 Å². The molecule has 33 heavy (non-hydrogen) atoms. The molecule has 170 valence electrons. The zero-order valence-corrected chi connectivity index (χ0v) is 20.4. The van der Waals surface area contributed by atoms with Crippen LogP contribution in [0.4, 0.5) is 27.5 Å². The molecule has 0 saturated heterocycles. The van der Waals surface area contributed by atoms with E-state index in [1.54, 1.807) is 25.3 Å². The number of nitrogens with one attached hydrogen (secondary N) is 4. The molecule has 7 nitrogen and oxygen atoms in total. The first-order valence-electron chi connectivity index (χ1n) is 10.4. The molecule has 1 atom stereocenters. The summed E-state index contributed by atoms with van der Waals surface area (Å²) in [5.74, 6) is 6.66. The summed E-state index contributed by atoms with van der Waals surface area (Å²) in [6.07, 6.45) is 2.54. The van der Waals surface area contributed by atoms with E-state index in [0.29, 0.717) is 28.7 Å². The Kier molecular flexibility index (Phi) is 8.97. The smallest absolute Gasteiger partial charge is 0.241 e. The molecule has 0 fully saturated rings. The largest absolute Gasteiger partial charge is 0.369 e. The average molecular weight is 558 g/mol. The van der Waals surface area contributed by atoms with Crippen molar-refractivity contribution in [3.63, 3.8) is 0 Å². The Morgan fingerprint density at radius 1 is 1.15 bits per heavy atom. The highest BCUT2D eigenvalue weighted by Crippen LogP contribution is 2.18. The molecule has 4 N–H and O–H groups in total. The van der Waals surface area contributed by atoms with Crippen LogP contribution in [0.3, 0.4) is 0 Å². The zero-order chi connectivity index (χ0) is 23.6. The maximum Gasteiger partial charge on any atom is 0.241 e. The van der Waals surface area contributed by atoms with E-state index in [1.165, 1.54) is 12.1 Å². The van der Waals surface area contributed by atoms with Gasteiger partial charge in [-0.2, -0.15) is 4.98 Å². The van der Waals surface area contributed by atoms with Crippen LogP contribution in [0, 0.1) is 17.7 Å². The molecule has 0 aliphatic heterocycles. The van der Waals surface area contributed by atoms with Gasteiger partial charge < -0.3 is 16.0 Å². The molecular formula is C24H24FIN6O. The van der Waals surface area contributed by atoms with Crippen molar-refractivity contribution in [2.24, 2.45) is 0 Å². The van der Waals surface area contributed by atoms with Gasteiger partial charge in [0.25, 0.3) is 0 Å². The molecule has 0 saturated carbocycles. The fourth-order valence-corrected chi connectivity index (χ4v) is 3.00. The molecule has 3 aromatic rings. The van der Waals surface area contributed by atoms with Gasteiger partial charge in [0.1, 0.15) is 11.6 Å². The normalized spacial score (nSPS) is 11.2. The number of carbonyl (C=O) groups excluding carboxylic acids is 1. The molecule has 1 amide bonds. The van der Waals surface area contributed by atoms with Gasteiger partial charge in [0.05, 0.1) is 17.8 Å². The first kappa shape index (κ1) is 24.4. The van der Waals surface area contributed by atoms with Crippen molar-refractivity contribution in [3.05, 3.63) is 71.7 Å². The number of halogens is 2. The molecule has 2 aromatic carbocycles. The number of benzene rings is 2. The first-order chi connectivity index (χ1) is 16.0. The Bertz CT molecular complexity index is 1180. The van der Waals surface area contributed by atoms with Crippen LogP contribution in [0.2, 0.25) is 0 Å². The number of hydrogen-bond acceptors (Lipinski definition) is 6. The minimum absolute atomic E-state index is 0.129. The molecule has 1 aromatic heterocycles. The molecule has 0 spiro atoms. The quantitative estimate of drug-likeness (QED) is 0.180. The Hall–Kier alpha value is -3.23. The summed E-state index contributed by atoms with van der Waals surface area (Å²) in [7, 11) is 0. The molecule has 0 radical (unpaired) electrons. The van der Waals surface area contributed by atoms with Gasteiger partial charge in [0, 0.05) is 46.3 Å². The summed E-state index contributed by atoms with van der Waals surface area (Å²) in [6, 6.07) is 13.1. The summed E-state index contributed by atoms with van der Waals surface area (Å²) in [5.41, 5.74) is 2.60. The predicted octanol–water partition coefficient (Wildman–Crippen LogP) is 4.85. The standard InChI is InChI=1S/C24H24FIN6O/c1-3-12-27-22-18(15-28-24(31-22)30-21-9-5-7-19(25)14-21)11-10-17-6-4-8-20(13-17)29-23(33)16(2)32-26/h4-9,13-16,32H,3,12H2,1-2H3,(H,29,33)(H2,27,28,30,31)/t16-/m0/s1. The topological polar surface area (TPSA) is 91.0 Å². The van der Waals surface area contributed by atoms with Gasteiger partial charge in [0.15, 0.2) is 0 Å². The number of nitrogens with zero attached hydrogens (tertiary/aromatic N) is 2. The van der Waals surface area contributed by atoms with Crippen molar-refractivity contribution in [1.29, 1.82) is 0 Å². The van der Waals surface area contributed by atoms with E-state index < -0.39 is 0 Å². The summed E-state index contributed by atoms with van der Waals surface area (Å²) in [4.78, 5) is 20.9. The Balaban J connectivity index is 1.82. The van der Waals surface area contributed by atoms with E-state index >= 15 is 0 Å². The molecule has 9 heteroatoms. The lowest BCUT2D eigenvalue weighted by molar-refractivity contribution is -0.117. The van der Waals surface area contributed by atoms with Crippen molar-refractivity contribution < 1.29 is 9.18 Å². The van der Waals surface area contributed by atoms with Crippen LogP contribution in [0.25, 0.3) is 0 Å². The van der Waals surface area contributed by atoms with Crippen molar-refractivity contribution in [3.8, 4) is 11.8 Å². The number of aromatic nitrogens is 2. The van der Waals surface area contributed by atoms with Crippen LogP contribution in [-0.2, 0) is 4.79 Å². The summed E-state index contributed by atoms with van der Waals surface area (Å²) < 4.78 is 16.3. The van der Waals surface area contributed by atoms with E-state index in [-0.39, 0.29) is 17.8 Å². The molecule has 0 bridgehead atoms. The SMILES string of the molecule is CCCNc1nc(Nc2cccc(F)c2)ncc1C#Cc1cccc(NC(=O)[C@H](C)NI)c1. The van der Waals surface area contributed by atoms with Crippen LogP contribution >= 0.6 is 22.9 Å². The molecular weight excluding hydrogens is 534 g/mol. The highest BCUT2D eigenvalue weighted by atomic mass is 127. The molecule has 1 heterocycles. The van der Waals surface area contributed by atoms with Crippen molar-refractivity contribution in [1.82, 2.24) is 13.5 Å². The minimum atomic E-state index is -0.342. The number of amides is 1. The summed E-state index contributed by atoms with van der Waals surface area (Å²) in [6.45, 7) is 4.55. The molecule has 0 unspecified atom stereocenters. The fraction of sp³-hybridized carbons (Fsp3) is 0.208. The molecule has 3 rings (SSSR count). The van der Waals surface area contributed by atoms with Gasteiger partial charge in [-0.15, -0.1) is 0 Å². The van der Waals surface area contributed by atoms with Crippen LogP contribution in [0.15, 0.2) is 54.7 Å². The third-order valence-electron chi connectivity index (χ3n) is 4.44. The minimum Gasteiger partial charge on any atom is -0.369 e. The third-order valence-corrected chi connectivity index (χ3v) is 5.37. The Morgan fingerprint density at radius 2 is 1.94 bits per heavy atom. The third kappa shape index (κ3) is 7.40. The summed E-state index contributed by atoms with van der Waals surface area (Å²) >= 11 is 1.95. The van der Waals surface area contributed by atoms with Crippen LogP contribution < -0.4 is 19.5 Å². The lowest BCUT2D eigenvalue weighted by Gasteiger charge is -2.10. The van der Waals surface area contributed by atoms with Gasteiger partial charge in [-0.25, -0.2) is 12.9 Å². The number of carbonyl (C=O) groups is 1. The van der Waals surface area contributed by atoms with Crippen molar-refractivity contribution >= 4 is 51.9 Å². The Labute approximate surface area is 206 Å². The van der Waals surface area contributed by atoms with E-state index in [4.69, 9.17) is 0 Å². The number of rotatable bonds is 8. The van der Waals surface area contributed by atoms with Crippen LogP contribution in [0.5, 0.6) is 0 Å². The second-order valence-corrected chi connectivity index (χ2v) is 7.79. The zero-order valence-electron chi connectivity index (χ0n) is 18.2. The van der Waals surface area contributed by atoms with Gasteiger partial charge in [-0.05, 0) is 49.7 Å². The van der Waals surface area contributed by atoms with Gasteiger partial charge in [0.2, 0.25) is 11.9 Å². The second-order valence-electron chi connectivity index (χ2n) is 7.17. The Morgan fingerprint density at radius 3 is 2.70 bits per heavy atom. The molecule has 0 aliphatic rings. The van der Waals surface area contributed by atoms with Gasteiger partial charge in [-0.1, -0.05) is 30.9 Å². The highest BCUT2D eigenvalue weighted by molar-refractivity contribution is 14.1.